The zero-order valence-corrected chi connectivity index (χ0v) is 11.7. The summed E-state index contributed by atoms with van der Waals surface area (Å²) in [5, 5.41) is 0. The summed E-state index contributed by atoms with van der Waals surface area (Å²) in [5.41, 5.74) is 7.31. The van der Waals surface area contributed by atoms with Crippen molar-refractivity contribution in [1.29, 1.82) is 0 Å². The lowest BCUT2D eigenvalue weighted by Gasteiger charge is -2.23. The fourth-order valence-corrected chi connectivity index (χ4v) is 2.16. The van der Waals surface area contributed by atoms with Gasteiger partial charge < -0.3 is 15.2 Å². The first-order chi connectivity index (χ1) is 8.33. The highest BCUT2D eigenvalue weighted by atomic mass is 35.5. The van der Waals surface area contributed by atoms with Gasteiger partial charge in [-0.3, -0.25) is 0 Å². The molecule has 0 radical (unpaired) electrons. The van der Waals surface area contributed by atoms with Crippen LogP contribution in [0.3, 0.4) is 0 Å². The molecule has 0 unspecified atom stereocenters. The quantitative estimate of drug-likeness (QED) is 0.834. The average Bonchev–Trinajstić information content (AvgIpc) is 2.38. The third kappa shape index (κ3) is 3.53. The number of halogens is 1. The lowest BCUT2D eigenvalue weighted by Crippen LogP contribution is -2.19. The number of fused-ring (bicyclic) bond motifs is 1. The molecule has 0 bridgehead atoms. The van der Waals surface area contributed by atoms with Crippen LogP contribution in [0, 0.1) is 0 Å². The monoisotopic (exact) mass is 271 g/mol. The molecule has 0 fully saturated rings. The summed E-state index contributed by atoms with van der Waals surface area (Å²) in [4.78, 5) is 0. The van der Waals surface area contributed by atoms with E-state index in [1.54, 1.807) is 0 Å². The third-order valence-electron chi connectivity index (χ3n) is 3.11. The lowest BCUT2D eigenvalue weighted by atomic mass is 10.00. The summed E-state index contributed by atoms with van der Waals surface area (Å²) in [5.74, 6) is 1.68. The predicted molar refractivity (Wildman–Crippen MR) is 75.8 cm³/mol. The van der Waals surface area contributed by atoms with Gasteiger partial charge in [-0.25, -0.2) is 0 Å². The molecule has 1 aliphatic heterocycles. The maximum Gasteiger partial charge on any atom is 0.166 e. The molecule has 1 aromatic rings. The third-order valence-corrected chi connectivity index (χ3v) is 3.11. The van der Waals surface area contributed by atoms with Crippen molar-refractivity contribution in [2.75, 3.05) is 13.2 Å². The molecule has 0 amide bonds. The van der Waals surface area contributed by atoms with Crippen LogP contribution in [-0.2, 0) is 0 Å². The van der Waals surface area contributed by atoms with E-state index in [1.165, 1.54) is 19.3 Å². The molecule has 1 atom stereocenters. The molecule has 1 heterocycles. The molecule has 0 saturated carbocycles. The number of para-hydroxylation sites is 1. The van der Waals surface area contributed by atoms with Crippen molar-refractivity contribution in [2.45, 2.75) is 38.6 Å². The minimum atomic E-state index is 0. The summed E-state index contributed by atoms with van der Waals surface area (Å²) in [6, 6.07) is 6.03. The smallest absolute Gasteiger partial charge is 0.166 e. The fourth-order valence-electron chi connectivity index (χ4n) is 2.16. The van der Waals surface area contributed by atoms with Crippen LogP contribution in [0.15, 0.2) is 18.2 Å². The van der Waals surface area contributed by atoms with E-state index in [2.05, 4.69) is 6.92 Å². The van der Waals surface area contributed by atoms with E-state index in [9.17, 15) is 0 Å². The first-order valence-electron chi connectivity index (χ1n) is 6.47. The van der Waals surface area contributed by atoms with Crippen molar-refractivity contribution in [3.63, 3.8) is 0 Å². The van der Waals surface area contributed by atoms with Crippen LogP contribution in [0.5, 0.6) is 11.5 Å². The van der Waals surface area contributed by atoms with Crippen LogP contribution in [0.1, 0.15) is 44.2 Å². The topological polar surface area (TPSA) is 44.5 Å². The predicted octanol–water partition coefficient (Wildman–Crippen LogP) is 3.46. The molecule has 2 N–H and O–H groups in total. The Balaban J connectivity index is 0.00000162. The Morgan fingerprint density at radius 3 is 2.78 bits per heavy atom. The molecule has 1 aromatic carbocycles. The Bertz CT molecular complexity index is 371. The number of ether oxygens (including phenoxy) is 2. The zero-order valence-electron chi connectivity index (χ0n) is 10.9. The number of nitrogens with two attached hydrogens (primary N) is 1. The summed E-state index contributed by atoms with van der Waals surface area (Å²) < 4.78 is 11.2. The summed E-state index contributed by atoms with van der Waals surface area (Å²) >= 11 is 0. The van der Waals surface area contributed by atoms with Crippen LogP contribution in [-0.4, -0.2) is 13.2 Å². The van der Waals surface area contributed by atoms with E-state index < -0.39 is 0 Å². The number of hydrogen-bond acceptors (Lipinski definition) is 3. The zero-order chi connectivity index (χ0) is 12.1. The van der Waals surface area contributed by atoms with Crippen molar-refractivity contribution in [2.24, 2.45) is 5.73 Å². The van der Waals surface area contributed by atoms with Crippen molar-refractivity contribution in [3.05, 3.63) is 23.8 Å². The van der Waals surface area contributed by atoms with Gasteiger partial charge in [0.25, 0.3) is 0 Å². The molecule has 1 aliphatic rings. The minimum Gasteiger partial charge on any atom is -0.486 e. The minimum absolute atomic E-state index is 0. The Morgan fingerprint density at radius 1 is 1.22 bits per heavy atom. The van der Waals surface area contributed by atoms with Crippen LogP contribution in [0.25, 0.3) is 0 Å². The van der Waals surface area contributed by atoms with E-state index in [4.69, 9.17) is 15.2 Å². The summed E-state index contributed by atoms with van der Waals surface area (Å²) in [7, 11) is 0. The highest BCUT2D eigenvalue weighted by molar-refractivity contribution is 5.85. The molecule has 0 spiro atoms. The highest BCUT2D eigenvalue weighted by Crippen LogP contribution is 2.37. The van der Waals surface area contributed by atoms with Gasteiger partial charge in [-0.15, -0.1) is 12.4 Å². The van der Waals surface area contributed by atoms with Crippen molar-refractivity contribution < 1.29 is 9.47 Å². The molecular weight excluding hydrogens is 250 g/mol. The van der Waals surface area contributed by atoms with Gasteiger partial charge in [0.15, 0.2) is 11.5 Å². The molecule has 102 valence electrons. The SMILES string of the molecule is CCCCC[C@H](N)c1cccc2c1OCCO2.Cl. The van der Waals surface area contributed by atoms with Gasteiger partial charge in [-0.05, 0) is 12.5 Å². The number of unbranched alkanes of at least 4 members (excludes halogenated alkanes) is 2. The Hall–Kier alpha value is -0.930. The standard InChI is InChI=1S/C14H21NO2.ClH/c1-2-3-4-7-12(15)11-6-5-8-13-14(11)17-10-9-16-13;/h5-6,8,12H,2-4,7,9-10,15H2,1H3;1H/t12-;/m0./s1. The van der Waals surface area contributed by atoms with Gasteiger partial charge in [0.05, 0.1) is 0 Å². The fraction of sp³-hybridized carbons (Fsp3) is 0.571. The van der Waals surface area contributed by atoms with E-state index in [0.717, 1.165) is 23.5 Å². The molecule has 18 heavy (non-hydrogen) atoms. The lowest BCUT2D eigenvalue weighted by molar-refractivity contribution is 0.169. The Kier molecular flexibility index (Phi) is 6.30. The van der Waals surface area contributed by atoms with Crippen molar-refractivity contribution in [1.82, 2.24) is 0 Å². The van der Waals surface area contributed by atoms with Crippen molar-refractivity contribution >= 4 is 12.4 Å². The first-order valence-corrected chi connectivity index (χ1v) is 6.47. The molecule has 4 heteroatoms. The van der Waals surface area contributed by atoms with Gasteiger partial charge in [-0.1, -0.05) is 38.3 Å². The normalized spacial score (nSPS) is 14.8. The molecule has 0 aromatic heterocycles. The van der Waals surface area contributed by atoms with Crippen LogP contribution in [0.4, 0.5) is 0 Å². The first kappa shape index (κ1) is 15.1. The summed E-state index contributed by atoms with van der Waals surface area (Å²) in [6.07, 6.45) is 4.63. The van der Waals surface area contributed by atoms with Crippen LogP contribution < -0.4 is 15.2 Å². The molecular formula is C14H22ClNO2. The van der Waals surface area contributed by atoms with Gasteiger partial charge in [0, 0.05) is 11.6 Å². The molecule has 3 nitrogen and oxygen atoms in total. The van der Waals surface area contributed by atoms with Gasteiger partial charge >= 0.3 is 0 Å². The average molecular weight is 272 g/mol. The van der Waals surface area contributed by atoms with E-state index in [0.29, 0.717) is 13.2 Å². The largest absolute Gasteiger partial charge is 0.486 e. The Morgan fingerprint density at radius 2 is 2.00 bits per heavy atom. The number of rotatable bonds is 5. The second-order valence-corrected chi connectivity index (χ2v) is 4.47. The Labute approximate surface area is 115 Å². The molecule has 2 rings (SSSR count). The second kappa shape index (κ2) is 7.49. The van der Waals surface area contributed by atoms with Gasteiger partial charge in [0.2, 0.25) is 0 Å². The number of hydrogen-bond donors (Lipinski definition) is 1. The highest BCUT2D eigenvalue weighted by Gasteiger charge is 2.19. The van der Waals surface area contributed by atoms with Crippen LogP contribution in [0.2, 0.25) is 0 Å². The van der Waals surface area contributed by atoms with Crippen molar-refractivity contribution in [3.8, 4) is 11.5 Å². The van der Waals surface area contributed by atoms with Crippen LogP contribution >= 0.6 is 12.4 Å². The van der Waals surface area contributed by atoms with E-state index >= 15 is 0 Å². The maximum atomic E-state index is 6.22. The molecule has 0 aliphatic carbocycles. The van der Waals surface area contributed by atoms with Gasteiger partial charge in [0.1, 0.15) is 13.2 Å². The second-order valence-electron chi connectivity index (χ2n) is 4.47. The maximum absolute atomic E-state index is 6.22. The molecule has 0 saturated heterocycles. The van der Waals surface area contributed by atoms with E-state index in [1.807, 2.05) is 18.2 Å². The summed E-state index contributed by atoms with van der Waals surface area (Å²) in [6.45, 7) is 3.44. The van der Waals surface area contributed by atoms with Gasteiger partial charge in [-0.2, -0.15) is 0 Å². The number of benzene rings is 1. The van der Waals surface area contributed by atoms with E-state index in [-0.39, 0.29) is 18.4 Å².